The lowest BCUT2D eigenvalue weighted by Gasteiger charge is -2.12. The van der Waals surface area contributed by atoms with Crippen LogP contribution in [0.25, 0.3) is 6.08 Å². The molecular weight excluding hydrogens is 246 g/mol. The van der Waals surface area contributed by atoms with Gasteiger partial charge in [0.05, 0.1) is 0 Å². The summed E-state index contributed by atoms with van der Waals surface area (Å²) < 4.78 is 5.59. The van der Waals surface area contributed by atoms with Crippen LogP contribution in [0.2, 0.25) is 0 Å². The highest BCUT2D eigenvalue weighted by atomic mass is 16.5. The molecule has 2 nitrogen and oxygen atoms in total. The van der Waals surface area contributed by atoms with Crippen LogP contribution in [0.15, 0.2) is 30.3 Å². The van der Waals surface area contributed by atoms with E-state index in [1.54, 1.807) is 0 Å². The van der Waals surface area contributed by atoms with Crippen LogP contribution >= 0.6 is 0 Å². The molecule has 0 aromatic heterocycles. The molecule has 118 valence electrons. The maximum absolute atomic E-state index is 5.59. The largest absolute Gasteiger partial charge is 0.489 e. The molecule has 2 N–H and O–H groups in total. The van der Waals surface area contributed by atoms with Crippen LogP contribution in [0, 0.1) is 0 Å². The summed E-state index contributed by atoms with van der Waals surface area (Å²) in [4.78, 5) is 0. The molecule has 0 amide bonds. The Labute approximate surface area is 127 Å². The van der Waals surface area contributed by atoms with Crippen LogP contribution in [0.1, 0.15) is 61.0 Å². The Bertz CT molecular complexity index is 308. The van der Waals surface area contributed by atoms with Crippen LogP contribution in [0.4, 0.5) is 0 Å². The third-order valence-electron chi connectivity index (χ3n) is 1.89. The fraction of sp³-hybridized carbons (Fsp3) is 0.556. The number of nitrogens with two attached hydrogens (primary N) is 1. The smallest absolute Gasteiger partial charge is 0.120 e. The Morgan fingerprint density at radius 3 is 2.10 bits per heavy atom. The van der Waals surface area contributed by atoms with Crippen molar-refractivity contribution in [3.63, 3.8) is 0 Å². The second kappa shape index (κ2) is 20.0. The molecule has 0 radical (unpaired) electrons. The van der Waals surface area contributed by atoms with Gasteiger partial charge in [-0.3, -0.25) is 0 Å². The molecule has 0 bridgehead atoms. The second-order valence-corrected chi connectivity index (χ2v) is 3.24. The first-order valence-corrected chi connectivity index (χ1v) is 7.85. The summed E-state index contributed by atoms with van der Waals surface area (Å²) in [5, 5.41) is 0. The van der Waals surface area contributed by atoms with Crippen LogP contribution in [0.5, 0.6) is 5.75 Å². The molecule has 0 saturated carbocycles. The molecule has 0 spiro atoms. The fourth-order valence-corrected chi connectivity index (χ4v) is 1.16. The highest BCUT2D eigenvalue weighted by Gasteiger charge is 2.00. The number of allylic oxidation sites excluding steroid dienone is 1. The number of hydrogen-bond donors (Lipinski definition) is 1. The Morgan fingerprint density at radius 2 is 1.65 bits per heavy atom. The zero-order chi connectivity index (χ0) is 16.4. The number of hydrogen-bond acceptors (Lipinski definition) is 2. The van der Waals surface area contributed by atoms with Gasteiger partial charge < -0.3 is 10.5 Å². The van der Waals surface area contributed by atoms with Crippen LogP contribution < -0.4 is 10.5 Å². The van der Waals surface area contributed by atoms with E-state index in [0.717, 1.165) is 11.3 Å². The van der Waals surface area contributed by atoms with E-state index in [2.05, 4.69) is 0 Å². The minimum Gasteiger partial charge on any atom is -0.489 e. The Kier molecular flexibility index (Phi) is 23.8. The quantitative estimate of drug-likeness (QED) is 0.788. The van der Waals surface area contributed by atoms with Gasteiger partial charge in [0, 0.05) is 6.54 Å². The van der Waals surface area contributed by atoms with Gasteiger partial charge in [-0.2, -0.15) is 0 Å². The Morgan fingerprint density at radius 1 is 1.10 bits per heavy atom. The zero-order valence-electron chi connectivity index (χ0n) is 14.7. The summed E-state index contributed by atoms with van der Waals surface area (Å²) in [6, 6.07) is 7.97. The molecule has 20 heavy (non-hydrogen) atoms. The molecule has 0 heterocycles. The lowest BCUT2D eigenvalue weighted by molar-refractivity contribution is 0.230. The van der Waals surface area contributed by atoms with Crippen molar-refractivity contribution < 1.29 is 4.74 Å². The molecule has 1 aromatic carbocycles. The Balaban J connectivity index is -0.000000425. The van der Waals surface area contributed by atoms with E-state index in [4.69, 9.17) is 10.5 Å². The van der Waals surface area contributed by atoms with E-state index in [1.165, 1.54) is 0 Å². The van der Waals surface area contributed by atoms with Crippen LogP contribution in [-0.2, 0) is 0 Å². The molecule has 2 heteroatoms. The highest BCUT2D eigenvalue weighted by molar-refractivity contribution is 5.51. The first-order valence-electron chi connectivity index (χ1n) is 7.85. The highest BCUT2D eigenvalue weighted by Crippen LogP contribution is 2.15. The molecule has 1 atom stereocenters. The first-order chi connectivity index (χ1) is 9.76. The first kappa shape index (κ1) is 23.8. The van der Waals surface area contributed by atoms with E-state index in [-0.39, 0.29) is 6.10 Å². The topological polar surface area (TPSA) is 35.2 Å². The van der Waals surface area contributed by atoms with Crippen molar-refractivity contribution in [2.75, 3.05) is 6.54 Å². The van der Waals surface area contributed by atoms with E-state index >= 15 is 0 Å². The van der Waals surface area contributed by atoms with E-state index < -0.39 is 0 Å². The molecule has 0 saturated heterocycles. The standard InChI is InChI=1S/C12H17NO.3C2H6/c1-3-5-11-6-4-7-12(8-11)14-10(2)9-13;3*1-2/h3-8,10H,9,13H2,1-2H3;3*1-2H3/b5-3+;;;. The number of benzene rings is 1. The third kappa shape index (κ3) is 13.2. The molecular formula is C18H35NO. The molecule has 0 fully saturated rings. The van der Waals surface area contributed by atoms with E-state index in [9.17, 15) is 0 Å². The summed E-state index contributed by atoms with van der Waals surface area (Å²) in [7, 11) is 0. The average molecular weight is 281 g/mol. The lowest BCUT2D eigenvalue weighted by atomic mass is 10.2. The van der Waals surface area contributed by atoms with Gasteiger partial charge in [-0.1, -0.05) is 65.8 Å². The van der Waals surface area contributed by atoms with E-state index in [0.29, 0.717) is 6.54 Å². The molecule has 0 aliphatic rings. The van der Waals surface area contributed by atoms with Gasteiger partial charge in [0.2, 0.25) is 0 Å². The molecule has 1 aromatic rings. The monoisotopic (exact) mass is 281 g/mol. The third-order valence-corrected chi connectivity index (χ3v) is 1.89. The van der Waals surface area contributed by atoms with Crippen LogP contribution in [-0.4, -0.2) is 12.6 Å². The van der Waals surface area contributed by atoms with Crippen molar-refractivity contribution in [1.29, 1.82) is 0 Å². The van der Waals surface area contributed by atoms with Crippen molar-refractivity contribution in [1.82, 2.24) is 0 Å². The Hall–Kier alpha value is -1.28. The zero-order valence-corrected chi connectivity index (χ0v) is 14.7. The summed E-state index contributed by atoms with van der Waals surface area (Å²) in [5.41, 5.74) is 6.63. The fourth-order valence-electron chi connectivity index (χ4n) is 1.16. The van der Waals surface area contributed by atoms with Crippen molar-refractivity contribution >= 4 is 6.08 Å². The van der Waals surface area contributed by atoms with Crippen molar-refractivity contribution in [2.45, 2.75) is 61.5 Å². The maximum Gasteiger partial charge on any atom is 0.120 e. The normalized spacial score (nSPS) is 10.1. The van der Waals surface area contributed by atoms with Crippen molar-refractivity contribution in [3.8, 4) is 5.75 Å². The summed E-state index contributed by atoms with van der Waals surface area (Å²) in [6.45, 7) is 16.5. The van der Waals surface area contributed by atoms with Crippen molar-refractivity contribution in [2.24, 2.45) is 5.73 Å². The van der Waals surface area contributed by atoms with E-state index in [1.807, 2.05) is 91.8 Å². The van der Waals surface area contributed by atoms with Gasteiger partial charge in [-0.15, -0.1) is 0 Å². The second-order valence-electron chi connectivity index (χ2n) is 3.24. The average Bonchev–Trinajstić information content (AvgIpc) is 2.54. The predicted octanol–water partition coefficient (Wildman–Crippen LogP) is 5.52. The molecule has 0 aliphatic heterocycles. The minimum atomic E-state index is 0.0656. The summed E-state index contributed by atoms with van der Waals surface area (Å²) in [5.74, 6) is 0.874. The SMILES string of the molecule is C/C=C/c1cccc(OC(C)CN)c1.CC.CC.CC. The number of ether oxygens (including phenoxy) is 1. The number of rotatable bonds is 4. The molecule has 1 rings (SSSR count). The van der Waals surface area contributed by atoms with Crippen LogP contribution in [0.3, 0.4) is 0 Å². The van der Waals surface area contributed by atoms with Gasteiger partial charge in [0.15, 0.2) is 0 Å². The van der Waals surface area contributed by atoms with Gasteiger partial charge in [0.1, 0.15) is 11.9 Å². The summed E-state index contributed by atoms with van der Waals surface area (Å²) in [6.07, 6.45) is 4.11. The summed E-state index contributed by atoms with van der Waals surface area (Å²) >= 11 is 0. The maximum atomic E-state index is 5.59. The minimum absolute atomic E-state index is 0.0656. The predicted molar refractivity (Wildman–Crippen MR) is 94.3 cm³/mol. The molecule has 1 unspecified atom stereocenters. The van der Waals surface area contributed by atoms with Gasteiger partial charge in [-0.05, 0) is 31.5 Å². The van der Waals surface area contributed by atoms with Gasteiger partial charge in [0.25, 0.3) is 0 Å². The van der Waals surface area contributed by atoms with Gasteiger partial charge >= 0.3 is 0 Å². The van der Waals surface area contributed by atoms with Crippen molar-refractivity contribution in [3.05, 3.63) is 35.9 Å². The van der Waals surface area contributed by atoms with Gasteiger partial charge in [-0.25, -0.2) is 0 Å². The molecule has 0 aliphatic carbocycles. The lowest BCUT2D eigenvalue weighted by Crippen LogP contribution is -2.22.